The van der Waals surface area contributed by atoms with Crippen molar-refractivity contribution in [3.05, 3.63) is 30.1 Å². The summed E-state index contributed by atoms with van der Waals surface area (Å²) in [5, 5.41) is 6.47. The number of benzene rings is 1. The molecule has 0 radical (unpaired) electrons. The molecule has 6 nitrogen and oxygen atoms in total. The molecule has 3 N–H and O–H groups in total. The van der Waals surface area contributed by atoms with Crippen LogP contribution in [0, 0.1) is 5.82 Å². The smallest absolute Gasteiger partial charge is 0.243 e. The van der Waals surface area contributed by atoms with Crippen LogP contribution in [0.2, 0.25) is 0 Å². The van der Waals surface area contributed by atoms with Gasteiger partial charge in [-0.3, -0.25) is 4.79 Å². The molecular formula is C16H22FN3O3S. The molecule has 0 saturated carbocycles. The standard InChI is InChI=1S/C16H22FN3O3S/c17-14-3-1-2-4-15(14)24(22,23)18-8-7-16(21)20-13-9-11-5-6-12(10-13)19-11/h1-4,11-13,18-19H,5-10H2,(H,20,21). The first-order valence-corrected chi connectivity index (χ1v) is 9.72. The fraction of sp³-hybridized carbons (Fsp3) is 0.562. The highest BCUT2D eigenvalue weighted by Crippen LogP contribution is 2.26. The lowest BCUT2D eigenvalue weighted by molar-refractivity contribution is -0.121. The van der Waals surface area contributed by atoms with Gasteiger partial charge in [-0.15, -0.1) is 0 Å². The fourth-order valence-corrected chi connectivity index (χ4v) is 4.62. The second-order valence-electron chi connectivity index (χ2n) is 6.45. The van der Waals surface area contributed by atoms with Gasteiger partial charge >= 0.3 is 0 Å². The van der Waals surface area contributed by atoms with Gasteiger partial charge in [-0.05, 0) is 37.8 Å². The first-order valence-electron chi connectivity index (χ1n) is 8.23. The monoisotopic (exact) mass is 355 g/mol. The molecule has 24 heavy (non-hydrogen) atoms. The number of sulfonamides is 1. The fourth-order valence-electron chi connectivity index (χ4n) is 3.51. The number of piperidine rings is 1. The first-order chi connectivity index (χ1) is 11.4. The van der Waals surface area contributed by atoms with E-state index in [1.807, 2.05) is 0 Å². The van der Waals surface area contributed by atoms with Gasteiger partial charge in [0.2, 0.25) is 15.9 Å². The Bertz CT molecular complexity index is 698. The highest BCUT2D eigenvalue weighted by Gasteiger charge is 2.33. The van der Waals surface area contributed by atoms with Crippen molar-refractivity contribution < 1.29 is 17.6 Å². The molecule has 1 aromatic carbocycles. The van der Waals surface area contributed by atoms with E-state index in [1.54, 1.807) is 0 Å². The molecule has 0 aromatic heterocycles. The summed E-state index contributed by atoms with van der Waals surface area (Å²) in [5.74, 6) is -0.989. The Morgan fingerprint density at radius 1 is 1.21 bits per heavy atom. The number of amides is 1. The highest BCUT2D eigenvalue weighted by molar-refractivity contribution is 7.89. The van der Waals surface area contributed by atoms with Gasteiger partial charge in [0.1, 0.15) is 10.7 Å². The molecule has 1 aromatic rings. The molecule has 2 heterocycles. The third-order valence-corrected chi connectivity index (χ3v) is 6.10. The Morgan fingerprint density at radius 3 is 2.54 bits per heavy atom. The van der Waals surface area contributed by atoms with Gasteiger partial charge in [-0.25, -0.2) is 17.5 Å². The number of fused-ring (bicyclic) bond motifs is 2. The van der Waals surface area contributed by atoms with E-state index in [-0.39, 0.29) is 24.9 Å². The summed E-state index contributed by atoms with van der Waals surface area (Å²) < 4.78 is 39.9. The minimum atomic E-state index is -3.94. The highest BCUT2D eigenvalue weighted by atomic mass is 32.2. The summed E-state index contributed by atoms with van der Waals surface area (Å²) in [5.41, 5.74) is 0. The maximum Gasteiger partial charge on any atom is 0.243 e. The summed E-state index contributed by atoms with van der Waals surface area (Å²) in [4.78, 5) is 11.6. The number of nitrogens with one attached hydrogen (secondary N) is 3. The Morgan fingerprint density at radius 2 is 1.88 bits per heavy atom. The Labute approximate surface area is 141 Å². The molecule has 2 atom stereocenters. The SMILES string of the molecule is O=C(CCNS(=O)(=O)c1ccccc1F)NC1CC2CCC(C1)N2. The van der Waals surface area contributed by atoms with Crippen LogP contribution in [0.3, 0.4) is 0 Å². The van der Waals surface area contributed by atoms with Gasteiger partial charge in [0, 0.05) is 31.1 Å². The largest absolute Gasteiger partial charge is 0.353 e. The van der Waals surface area contributed by atoms with Crippen LogP contribution in [0.5, 0.6) is 0 Å². The molecule has 3 rings (SSSR count). The van der Waals surface area contributed by atoms with Crippen molar-refractivity contribution in [2.45, 2.75) is 55.1 Å². The van der Waals surface area contributed by atoms with Gasteiger partial charge in [0.25, 0.3) is 0 Å². The van der Waals surface area contributed by atoms with Crippen LogP contribution >= 0.6 is 0 Å². The summed E-state index contributed by atoms with van der Waals surface area (Å²) in [6.07, 6.45) is 4.18. The normalized spacial score (nSPS) is 26.3. The third kappa shape index (κ3) is 4.12. The lowest BCUT2D eigenvalue weighted by Crippen LogP contribution is -2.48. The lowest BCUT2D eigenvalue weighted by Gasteiger charge is -2.29. The van der Waals surface area contributed by atoms with Gasteiger partial charge in [-0.1, -0.05) is 12.1 Å². The lowest BCUT2D eigenvalue weighted by atomic mass is 10.00. The van der Waals surface area contributed by atoms with E-state index in [0.717, 1.165) is 31.7 Å². The predicted molar refractivity (Wildman–Crippen MR) is 87.3 cm³/mol. The number of carbonyl (C=O) groups excluding carboxylic acids is 1. The van der Waals surface area contributed by atoms with E-state index < -0.39 is 20.7 Å². The molecule has 2 unspecified atom stereocenters. The van der Waals surface area contributed by atoms with Gasteiger partial charge in [-0.2, -0.15) is 0 Å². The number of halogens is 1. The van der Waals surface area contributed by atoms with Crippen LogP contribution in [0.1, 0.15) is 32.1 Å². The summed E-state index contributed by atoms with van der Waals surface area (Å²) >= 11 is 0. The molecule has 2 aliphatic heterocycles. The Kier molecular flexibility index (Phi) is 5.17. The van der Waals surface area contributed by atoms with E-state index in [0.29, 0.717) is 12.1 Å². The van der Waals surface area contributed by atoms with E-state index in [1.165, 1.54) is 18.2 Å². The molecule has 2 fully saturated rings. The summed E-state index contributed by atoms with van der Waals surface area (Å²) in [7, 11) is -3.94. The second kappa shape index (κ2) is 7.16. The minimum absolute atomic E-state index is 0.0347. The molecule has 2 saturated heterocycles. The predicted octanol–water partition coefficient (Wildman–Crippen LogP) is 0.893. The van der Waals surface area contributed by atoms with E-state index in [4.69, 9.17) is 0 Å². The minimum Gasteiger partial charge on any atom is -0.353 e. The van der Waals surface area contributed by atoms with Crippen molar-refractivity contribution in [3.8, 4) is 0 Å². The van der Waals surface area contributed by atoms with Crippen molar-refractivity contribution in [3.63, 3.8) is 0 Å². The van der Waals surface area contributed by atoms with Gasteiger partial charge in [0.15, 0.2) is 0 Å². The maximum absolute atomic E-state index is 13.6. The Hall–Kier alpha value is -1.51. The molecule has 2 aliphatic rings. The molecule has 0 spiro atoms. The van der Waals surface area contributed by atoms with Crippen LogP contribution in [0.4, 0.5) is 4.39 Å². The quantitative estimate of drug-likeness (QED) is 0.707. The molecular weight excluding hydrogens is 333 g/mol. The number of hydrogen-bond acceptors (Lipinski definition) is 4. The van der Waals surface area contributed by atoms with E-state index in [9.17, 15) is 17.6 Å². The zero-order chi connectivity index (χ0) is 17.2. The van der Waals surface area contributed by atoms with Crippen molar-refractivity contribution in [2.24, 2.45) is 0 Å². The average Bonchev–Trinajstić information content (AvgIpc) is 2.86. The van der Waals surface area contributed by atoms with Crippen molar-refractivity contribution >= 4 is 15.9 Å². The van der Waals surface area contributed by atoms with Crippen LogP contribution in [0.15, 0.2) is 29.2 Å². The van der Waals surface area contributed by atoms with Gasteiger partial charge < -0.3 is 10.6 Å². The third-order valence-electron chi connectivity index (χ3n) is 4.61. The average molecular weight is 355 g/mol. The topological polar surface area (TPSA) is 87.3 Å². The summed E-state index contributed by atoms with van der Waals surface area (Å²) in [6, 6.07) is 6.28. The first kappa shape index (κ1) is 17.3. The van der Waals surface area contributed by atoms with Crippen molar-refractivity contribution in [1.82, 2.24) is 15.4 Å². The zero-order valence-corrected chi connectivity index (χ0v) is 14.1. The van der Waals surface area contributed by atoms with Crippen LogP contribution in [0.25, 0.3) is 0 Å². The van der Waals surface area contributed by atoms with Crippen LogP contribution < -0.4 is 15.4 Å². The molecule has 0 aliphatic carbocycles. The van der Waals surface area contributed by atoms with Crippen LogP contribution in [-0.4, -0.2) is 39.0 Å². The number of carbonyl (C=O) groups is 1. The second-order valence-corrected chi connectivity index (χ2v) is 8.19. The van der Waals surface area contributed by atoms with E-state index in [2.05, 4.69) is 15.4 Å². The van der Waals surface area contributed by atoms with E-state index >= 15 is 0 Å². The van der Waals surface area contributed by atoms with Crippen molar-refractivity contribution in [1.29, 1.82) is 0 Å². The molecule has 8 heteroatoms. The van der Waals surface area contributed by atoms with Gasteiger partial charge in [0.05, 0.1) is 0 Å². The zero-order valence-electron chi connectivity index (χ0n) is 13.3. The molecule has 132 valence electrons. The molecule has 1 amide bonds. The molecule has 2 bridgehead atoms. The summed E-state index contributed by atoms with van der Waals surface area (Å²) in [6.45, 7) is -0.0552. The maximum atomic E-state index is 13.6. The Balaban J connectivity index is 1.46. The number of hydrogen-bond donors (Lipinski definition) is 3. The van der Waals surface area contributed by atoms with Crippen LogP contribution in [-0.2, 0) is 14.8 Å². The number of rotatable bonds is 6. The van der Waals surface area contributed by atoms with Crippen molar-refractivity contribution in [2.75, 3.05) is 6.54 Å².